The molecule has 238 valence electrons. The second-order valence-electron chi connectivity index (χ2n) is 12.0. The van der Waals surface area contributed by atoms with Crippen LogP contribution in [-0.4, -0.2) is 19.5 Å². The summed E-state index contributed by atoms with van der Waals surface area (Å²) in [7, 11) is 0. The fourth-order valence-corrected chi connectivity index (χ4v) is 7.89. The van der Waals surface area contributed by atoms with Gasteiger partial charge in [0, 0.05) is 64.4 Å². The van der Waals surface area contributed by atoms with Crippen molar-refractivity contribution in [2.45, 2.75) is 0 Å². The summed E-state index contributed by atoms with van der Waals surface area (Å²) in [5.74, 6) is 1.00. The molecular formula is C45H26N4OS. The maximum Gasteiger partial charge on any atom is 0.166 e. The van der Waals surface area contributed by atoms with Crippen LogP contribution in [0.15, 0.2) is 162 Å². The number of benzene rings is 7. The van der Waals surface area contributed by atoms with Gasteiger partial charge in [-0.1, -0.05) is 96.9 Å². The molecule has 0 bridgehead atoms. The molecule has 0 radical (unpaired) electrons. The van der Waals surface area contributed by atoms with Crippen LogP contribution in [0.3, 0.4) is 0 Å². The van der Waals surface area contributed by atoms with Crippen LogP contribution in [0.5, 0.6) is 0 Å². The largest absolute Gasteiger partial charge is 0.456 e. The molecule has 7 aromatic carbocycles. The Morgan fingerprint density at radius 1 is 0.510 bits per heavy atom. The van der Waals surface area contributed by atoms with Gasteiger partial charge >= 0.3 is 0 Å². The third-order valence-electron chi connectivity index (χ3n) is 9.11. The lowest BCUT2D eigenvalue weighted by molar-refractivity contribution is 0.669. The molecule has 4 aromatic heterocycles. The molecule has 6 heteroatoms. The predicted octanol–water partition coefficient (Wildman–Crippen LogP) is 12.2. The average Bonchev–Trinajstić information content (AvgIpc) is 3.99. The highest BCUT2D eigenvalue weighted by molar-refractivity contribution is 7.25. The van der Waals surface area contributed by atoms with Gasteiger partial charge < -0.3 is 8.98 Å². The molecule has 0 aliphatic heterocycles. The lowest BCUT2D eigenvalue weighted by atomic mass is 10.1. The number of hydrogen-bond acceptors (Lipinski definition) is 5. The Hall–Kier alpha value is -6.63. The Labute approximate surface area is 309 Å². The SMILES string of the molecule is [2H]c1c([2H])c([2H])c2c(oc3c([2H])c4c(c([2H])c32)c2c([2H])c([2H])c([2H])c([2H])c2n4-c2ccccc2-c2nc(-c3ccccc3)nc(-c3ccc4sc5ccccc5c4c3)n2)c1[2H]. The molecule has 0 spiro atoms. The molecule has 0 fully saturated rings. The van der Waals surface area contributed by atoms with E-state index in [0.717, 1.165) is 31.3 Å². The lowest BCUT2D eigenvalue weighted by Gasteiger charge is -2.14. The summed E-state index contributed by atoms with van der Waals surface area (Å²) in [5, 5.41) is 1.96. The molecule has 0 unspecified atom stereocenters. The van der Waals surface area contributed by atoms with Gasteiger partial charge in [-0.25, -0.2) is 15.0 Å². The number of hydrogen-bond donors (Lipinski definition) is 0. The van der Waals surface area contributed by atoms with Crippen LogP contribution in [0.1, 0.15) is 13.7 Å². The molecule has 0 amide bonds. The number of para-hydroxylation sites is 3. The highest BCUT2D eigenvalue weighted by Gasteiger charge is 2.21. The Morgan fingerprint density at radius 3 is 2.16 bits per heavy atom. The van der Waals surface area contributed by atoms with E-state index in [1.54, 1.807) is 35.6 Å². The summed E-state index contributed by atoms with van der Waals surface area (Å²) in [4.78, 5) is 15.0. The smallest absolute Gasteiger partial charge is 0.166 e. The van der Waals surface area contributed by atoms with Crippen LogP contribution in [-0.2, 0) is 0 Å². The van der Waals surface area contributed by atoms with E-state index < -0.39 is 48.3 Å². The van der Waals surface area contributed by atoms with Crippen molar-refractivity contribution in [1.82, 2.24) is 19.5 Å². The third kappa shape index (κ3) is 4.37. The van der Waals surface area contributed by atoms with Gasteiger partial charge in [-0.05, 0) is 54.5 Å². The fourth-order valence-electron chi connectivity index (χ4n) is 6.80. The maximum absolute atomic E-state index is 9.69. The predicted molar refractivity (Wildman–Crippen MR) is 211 cm³/mol. The first-order valence-corrected chi connectivity index (χ1v) is 16.9. The summed E-state index contributed by atoms with van der Waals surface area (Å²) in [6.07, 6.45) is 0. The molecule has 11 rings (SSSR count). The summed E-state index contributed by atoms with van der Waals surface area (Å²) < 4.78 is 99.0. The number of furan rings is 1. The van der Waals surface area contributed by atoms with Gasteiger partial charge in [0.15, 0.2) is 17.5 Å². The van der Waals surface area contributed by atoms with Crippen molar-refractivity contribution in [2.24, 2.45) is 0 Å². The van der Waals surface area contributed by atoms with E-state index in [9.17, 15) is 4.11 Å². The second-order valence-corrected chi connectivity index (χ2v) is 13.1. The quantitative estimate of drug-likeness (QED) is 0.186. The summed E-state index contributed by atoms with van der Waals surface area (Å²) >= 11 is 1.70. The van der Waals surface area contributed by atoms with Crippen molar-refractivity contribution in [3.05, 3.63) is 157 Å². The number of fused-ring (bicyclic) bond motifs is 9. The van der Waals surface area contributed by atoms with Gasteiger partial charge in [0.05, 0.1) is 30.4 Å². The molecule has 0 saturated heterocycles. The normalized spacial score (nSPS) is 14.7. The monoisotopic (exact) mass is 680 g/mol. The Morgan fingerprint density at radius 2 is 1.24 bits per heavy atom. The molecule has 0 aliphatic rings. The zero-order chi connectivity index (χ0) is 42.2. The van der Waals surface area contributed by atoms with Gasteiger partial charge in [0.1, 0.15) is 11.2 Å². The van der Waals surface area contributed by atoms with E-state index in [1.807, 2.05) is 48.5 Å². The van der Waals surface area contributed by atoms with Gasteiger partial charge in [0.2, 0.25) is 0 Å². The first kappa shape index (κ1) is 20.1. The van der Waals surface area contributed by atoms with Crippen molar-refractivity contribution < 1.29 is 18.1 Å². The summed E-state index contributed by atoms with van der Waals surface area (Å²) in [5.41, 5.74) is 1.80. The molecule has 4 heterocycles. The van der Waals surface area contributed by atoms with E-state index in [-0.39, 0.29) is 61.7 Å². The van der Waals surface area contributed by atoms with Gasteiger partial charge in [-0.2, -0.15) is 0 Å². The van der Waals surface area contributed by atoms with E-state index in [2.05, 4.69) is 24.3 Å². The van der Waals surface area contributed by atoms with Crippen LogP contribution in [0.2, 0.25) is 0 Å². The number of thiophene rings is 1. The lowest BCUT2D eigenvalue weighted by Crippen LogP contribution is -2.03. The molecular weight excluding hydrogens is 645 g/mol. The van der Waals surface area contributed by atoms with Crippen LogP contribution in [0, 0.1) is 0 Å². The second kappa shape index (κ2) is 10.9. The van der Waals surface area contributed by atoms with Crippen LogP contribution in [0.4, 0.5) is 0 Å². The molecule has 5 nitrogen and oxygen atoms in total. The third-order valence-corrected chi connectivity index (χ3v) is 10.3. The zero-order valence-corrected chi connectivity index (χ0v) is 27.2. The van der Waals surface area contributed by atoms with Crippen molar-refractivity contribution in [1.29, 1.82) is 0 Å². The molecule has 0 aliphatic carbocycles. The van der Waals surface area contributed by atoms with Crippen LogP contribution in [0.25, 0.3) is 104 Å². The van der Waals surface area contributed by atoms with Gasteiger partial charge in [0.25, 0.3) is 0 Å². The highest BCUT2D eigenvalue weighted by Crippen LogP contribution is 2.41. The number of nitrogens with zero attached hydrogens (tertiary/aromatic N) is 4. The average molecular weight is 681 g/mol. The van der Waals surface area contributed by atoms with E-state index >= 15 is 0 Å². The molecule has 0 N–H and O–H groups in total. The Kier molecular flexibility index (Phi) is 4.32. The van der Waals surface area contributed by atoms with Crippen LogP contribution < -0.4 is 0 Å². The molecule has 11 aromatic rings. The van der Waals surface area contributed by atoms with E-state index in [4.69, 9.17) is 29.0 Å². The number of aromatic nitrogens is 4. The fraction of sp³-hybridized carbons (Fsp3) is 0. The molecule has 0 saturated carbocycles. The van der Waals surface area contributed by atoms with Gasteiger partial charge in [-0.15, -0.1) is 11.3 Å². The Balaban J connectivity index is 1.25. The first-order valence-electron chi connectivity index (χ1n) is 21.1. The topological polar surface area (TPSA) is 56.7 Å². The minimum atomic E-state index is -0.542. The summed E-state index contributed by atoms with van der Waals surface area (Å²) in [6.45, 7) is 0. The minimum absolute atomic E-state index is 0.00797. The highest BCUT2D eigenvalue weighted by atomic mass is 32.1. The minimum Gasteiger partial charge on any atom is -0.456 e. The standard InChI is InChI=1S/C45H26N4OS/c1-2-12-27(13-3-1)43-46-44(28-22-23-42-35(24-28)31-16-7-11-21-41(31)51-42)48-45(47-43)32-17-5-9-19-37(32)49-36-18-8-4-14-29(36)33-25-34-30-15-6-10-20-39(30)50-40(34)26-38(33)49/h1-26H/i4D,6D,8D,10D,14D,15D,18D,20D,25D,26D. The van der Waals surface area contributed by atoms with E-state index in [0.29, 0.717) is 22.9 Å². The van der Waals surface area contributed by atoms with Crippen molar-refractivity contribution in [3.63, 3.8) is 0 Å². The summed E-state index contributed by atoms with van der Waals surface area (Å²) in [6, 6.07) is 26.2. The first-order chi connectivity index (χ1) is 29.4. The van der Waals surface area contributed by atoms with Gasteiger partial charge in [-0.3, -0.25) is 0 Å². The number of rotatable bonds is 4. The van der Waals surface area contributed by atoms with Crippen molar-refractivity contribution >= 4 is 75.3 Å². The van der Waals surface area contributed by atoms with E-state index in [1.165, 1.54) is 4.57 Å². The molecule has 0 atom stereocenters. The Bertz CT molecular complexity index is 3730. The maximum atomic E-state index is 9.69. The van der Waals surface area contributed by atoms with Crippen LogP contribution >= 0.6 is 11.3 Å². The zero-order valence-electron chi connectivity index (χ0n) is 36.3. The van der Waals surface area contributed by atoms with Crippen molar-refractivity contribution in [2.75, 3.05) is 0 Å². The van der Waals surface area contributed by atoms with Crippen molar-refractivity contribution in [3.8, 4) is 39.9 Å². The molecule has 51 heavy (non-hydrogen) atoms.